The number of fused-ring (bicyclic) bond motifs is 1. The molecule has 0 spiro atoms. The molecule has 13 heterocycles. The van der Waals surface area contributed by atoms with Crippen LogP contribution in [-0.2, 0) is 64.6 Å². The molecule has 8 aromatic rings. The molecule has 734 valence electrons. The zero-order chi connectivity index (χ0) is 98.0. The number of likely N-dealkylation sites (N-methyl/N-ethyl adjacent to an activating group) is 1. The van der Waals surface area contributed by atoms with Crippen LogP contribution in [0.3, 0.4) is 0 Å². The van der Waals surface area contributed by atoms with Crippen molar-refractivity contribution in [1.29, 1.82) is 0 Å². The van der Waals surface area contributed by atoms with E-state index in [1.54, 1.807) is 6.20 Å². The zero-order valence-corrected chi connectivity index (χ0v) is 88.6. The number of nitrogens with zero attached hydrogens (tertiary/aromatic N) is 16. The number of unbranched alkanes of at least 4 members (excludes halogenated alkanes) is 1. The van der Waals surface area contributed by atoms with Crippen molar-refractivity contribution < 1.29 is 9.59 Å². The lowest BCUT2D eigenvalue weighted by atomic mass is 9.84. The summed E-state index contributed by atoms with van der Waals surface area (Å²) in [6.07, 6.45) is 40.6. The molecule has 133 heavy (non-hydrogen) atoms. The molecule has 2 amide bonds. The number of anilines is 3. The largest absolute Gasteiger partial charge is 0.384 e. The van der Waals surface area contributed by atoms with E-state index in [9.17, 15) is 9.59 Å². The van der Waals surface area contributed by atoms with Gasteiger partial charge in [0, 0.05) is 134 Å². The summed E-state index contributed by atoms with van der Waals surface area (Å²) in [6, 6.07) is 25.0. The molecular weight excluding hydrogens is 1640 g/mol. The number of benzene rings is 1. The van der Waals surface area contributed by atoms with Gasteiger partial charge in [-0.05, 0) is 246 Å². The van der Waals surface area contributed by atoms with Gasteiger partial charge in [0.25, 0.3) is 5.91 Å². The average Bonchev–Trinajstić information content (AvgIpc) is 1.73. The highest BCUT2D eigenvalue weighted by Crippen LogP contribution is 2.33. The summed E-state index contributed by atoms with van der Waals surface area (Å²) >= 11 is 0. The van der Waals surface area contributed by atoms with Crippen LogP contribution in [0.4, 0.5) is 17.3 Å². The van der Waals surface area contributed by atoms with E-state index in [2.05, 4.69) is 343 Å². The number of carbonyl (C=O) groups is 2. The van der Waals surface area contributed by atoms with Crippen LogP contribution >= 0.6 is 0 Å². The first-order valence-corrected chi connectivity index (χ1v) is 50.5. The molecule has 5 fully saturated rings. The van der Waals surface area contributed by atoms with Crippen molar-refractivity contribution in [3.63, 3.8) is 0 Å². The Morgan fingerprint density at radius 3 is 1.54 bits per heavy atom. The van der Waals surface area contributed by atoms with E-state index in [4.69, 9.17) is 5.73 Å². The van der Waals surface area contributed by atoms with Crippen LogP contribution in [0, 0.1) is 17.3 Å². The van der Waals surface area contributed by atoms with E-state index >= 15 is 0 Å². The third-order valence-electron chi connectivity index (χ3n) is 25.7. The second-order valence-electron chi connectivity index (χ2n) is 45.5. The summed E-state index contributed by atoms with van der Waals surface area (Å²) < 4.78 is 4.14. The van der Waals surface area contributed by atoms with Crippen molar-refractivity contribution in [3.8, 4) is 0 Å². The molecule has 20 nitrogen and oxygen atoms in total. The number of aryl methyl sites for hydroxylation is 1. The number of nitrogens with one attached hydrogen (secondary N) is 1. The number of allylic oxidation sites excluding steroid dienone is 4. The first-order valence-electron chi connectivity index (χ1n) is 50.5. The van der Waals surface area contributed by atoms with E-state index in [1.807, 2.05) is 89.4 Å². The Bertz CT molecular complexity index is 4740. The summed E-state index contributed by atoms with van der Waals surface area (Å²) in [5.74, 6) is 5.16. The highest BCUT2D eigenvalue weighted by Gasteiger charge is 2.34. The van der Waals surface area contributed by atoms with Crippen molar-refractivity contribution in [1.82, 2.24) is 73.9 Å². The molecule has 1 atom stereocenters. The number of pyridine rings is 5. The first-order chi connectivity index (χ1) is 62.5. The Labute approximate surface area is 807 Å². The van der Waals surface area contributed by atoms with Crippen molar-refractivity contribution in [2.24, 2.45) is 17.3 Å². The first kappa shape index (κ1) is 111. The minimum atomic E-state index is 0.0423. The Balaban J connectivity index is 0.000000206. The number of hydrogen-bond donors (Lipinski definition) is 2. The molecule has 7 aromatic heterocycles. The molecule has 1 aliphatic carbocycles. The quantitative estimate of drug-likeness (QED) is 0.0873. The van der Waals surface area contributed by atoms with Gasteiger partial charge in [0.15, 0.2) is 0 Å². The van der Waals surface area contributed by atoms with Crippen LogP contribution in [0.15, 0.2) is 159 Å². The van der Waals surface area contributed by atoms with Crippen LogP contribution in [0.25, 0.3) is 0 Å². The monoisotopic (exact) mass is 1820 g/mol. The van der Waals surface area contributed by atoms with Crippen LogP contribution in [-0.4, -0.2) is 191 Å². The van der Waals surface area contributed by atoms with E-state index < -0.39 is 0 Å². The third-order valence-corrected chi connectivity index (χ3v) is 25.7. The maximum absolute atomic E-state index is 12.5. The van der Waals surface area contributed by atoms with Gasteiger partial charge in [0.2, 0.25) is 5.91 Å². The van der Waals surface area contributed by atoms with E-state index in [0.717, 1.165) is 120 Å². The standard InChI is InChI=1S/C16H25N3O.C16H24N2O.C14H25N3.2C14H22N2.C12H18N2.C11H20N2.C8H12N2.C8H12/c1-16(2,3)13-9-14(11-17-10-13)18-15(20)12-19-7-5-4-6-8-19;1-16(2,3)14-7-5-6-13(12-14)15(19)18-10-8-17(4)9-11-18;1-14(2,3)13-11-15-17(12-13)10-9-16-7-5-4-6-8-16;1-11(2)12-5-6-13(15-7-12)8-16-9-14(3,4)10-16;1-11(2)13-6-7-14(15-9-13)16-8-4-5-12(3)10-16;1-12(2,3)10-5-9-7-14(4)8-11(9)13-6-10;1-5-6-7-13-9-10(8-12-13)11(2,3)4;1-6(2)7-3-4-8(9)10-5-7;1-7(2)8-5-3-4-6-8/h9-11H,4-8,12H2,1-3H3,(H,18,20);5-7,12H,8-11H2,1-4H3;11-12H,4-10H2,1-3H3;5-7,11H,8-10H2,1-4H3;6-7,9,11-12H,4-5,8,10H2,1-3H3;5-6H,7-8H2,1-4H3;8-9H,5-7H2,1-4H3;3-6H,1-2H3,(H2,9,10);3,5-7H,4H2,1-2H3/t;;;;12-;;;;/m....0..../s1. The van der Waals surface area contributed by atoms with Gasteiger partial charge >= 0.3 is 0 Å². The maximum atomic E-state index is 12.5. The highest BCUT2D eigenvalue weighted by molar-refractivity contribution is 5.94. The second kappa shape index (κ2) is 53.1. The maximum Gasteiger partial charge on any atom is 0.253 e. The van der Waals surface area contributed by atoms with Crippen LogP contribution in [0.5, 0.6) is 0 Å². The van der Waals surface area contributed by atoms with Crippen LogP contribution < -0.4 is 16.0 Å². The molecule has 5 saturated heterocycles. The van der Waals surface area contributed by atoms with Crippen molar-refractivity contribution in [3.05, 3.63) is 226 Å². The Kier molecular flexibility index (Phi) is 44.4. The van der Waals surface area contributed by atoms with Gasteiger partial charge in [-0.1, -0.05) is 261 Å². The minimum Gasteiger partial charge on any atom is -0.384 e. The van der Waals surface area contributed by atoms with E-state index in [-0.39, 0.29) is 38.9 Å². The topological polar surface area (TPSA) is 195 Å². The van der Waals surface area contributed by atoms with Gasteiger partial charge in [-0.25, -0.2) is 9.97 Å². The lowest BCUT2D eigenvalue weighted by Gasteiger charge is -2.45. The lowest BCUT2D eigenvalue weighted by molar-refractivity contribution is -0.117. The smallest absolute Gasteiger partial charge is 0.253 e. The number of hydrogen-bond acceptors (Lipinski definition) is 16. The summed E-state index contributed by atoms with van der Waals surface area (Å²) in [7, 11) is 4.24. The SMILES string of the molecule is CC(C)(C)c1cncc(NC(=O)CN2CCCCC2)c1.CC(C)(C)c1cnn(CCN2CCCCC2)c1.CC(C)C1=CCC=C1.CC(C)c1ccc(CN2CC(C)(C)C2)nc1.CC(C)c1ccc(N)nc1.CC(C)c1ccc(N2CCC[C@H](C)C2)nc1.CCCCn1cc(C(C)(C)C)cn1.CN1CCN(C(=O)c2cccc(C(C)(C)C)c2)CC1.CN1Cc2cc(C(C)(C)C)cnc2C1. The number of piperazine rings is 1. The molecular formula is C113H180N18O2. The molecule has 20 heteroatoms. The highest BCUT2D eigenvalue weighted by atomic mass is 16.2. The zero-order valence-electron chi connectivity index (χ0n) is 88.6. The van der Waals surface area contributed by atoms with Gasteiger partial charge in [0.1, 0.15) is 11.6 Å². The second-order valence-corrected chi connectivity index (χ2v) is 45.5. The summed E-state index contributed by atoms with van der Waals surface area (Å²) in [5.41, 5.74) is 23.9. The van der Waals surface area contributed by atoms with Gasteiger partial charge in [-0.3, -0.25) is 48.6 Å². The lowest BCUT2D eigenvalue weighted by Crippen LogP contribution is -2.52. The summed E-state index contributed by atoms with van der Waals surface area (Å²) in [5, 5.41) is 11.8. The van der Waals surface area contributed by atoms with Crippen molar-refractivity contribution in [2.45, 2.75) is 335 Å². The number of piperidine rings is 3. The predicted octanol–water partition coefficient (Wildman–Crippen LogP) is 24.0. The molecule has 0 saturated carbocycles. The number of carbonyl (C=O) groups excluding carboxylic acids is 2. The fourth-order valence-electron chi connectivity index (χ4n) is 16.4. The number of likely N-dealkylation sites (tertiary alicyclic amines) is 3. The molecule has 3 N–H and O–H groups in total. The fourth-order valence-corrected chi connectivity index (χ4v) is 16.4. The Morgan fingerprint density at radius 1 is 0.511 bits per heavy atom. The van der Waals surface area contributed by atoms with Crippen molar-refractivity contribution >= 4 is 29.1 Å². The average molecular weight is 1820 g/mol. The Morgan fingerprint density at radius 2 is 1.06 bits per heavy atom. The van der Waals surface area contributed by atoms with Crippen LogP contribution in [0.2, 0.25) is 0 Å². The fraction of sp³-hybridized carbons (Fsp3) is 0.619. The molecule has 0 unspecified atom stereocenters. The van der Waals surface area contributed by atoms with E-state index in [0.29, 0.717) is 41.4 Å². The molecule has 1 aromatic carbocycles. The van der Waals surface area contributed by atoms with Gasteiger partial charge in [0.05, 0.1) is 48.8 Å². The third kappa shape index (κ3) is 40.2. The van der Waals surface area contributed by atoms with Crippen molar-refractivity contribution in [2.75, 3.05) is 122 Å². The van der Waals surface area contributed by atoms with Gasteiger partial charge in [-0.2, -0.15) is 10.2 Å². The Hall–Kier alpha value is -8.79. The molecule has 7 aliphatic rings. The number of amides is 2. The number of rotatable bonds is 17. The normalized spacial score (nSPS) is 17.2. The predicted molar refractivity (Wildman–Crippen MR) is 561 cm³/mol. The number of aromatic nitrogens is 9. The minimum absolute atomic E-state index is 0.0423. The van der Waals surface area contributed by atoms with Gasteiger partial charge < -0.3 is 30.7 Å². The van der Waals surface area contributed by atoms with Gasteiger partial charge in [-0.15, -0.1) is 0 Å². The molecule has 0 radical (unpaired) electrons. The molecule has 6 aliphatic heterocycles. The summed E-state index contributed by atoms with van der Waals surface area (Å²) in [4.78, 5) is 62.6. The van der Waals surface area contributed by atoms with Crippen LogP contribution in [0.1, 0.15) is 347 Å². The summed E-state index contributed by atoms with van der Waals surface area (Å²) in [6.45, 7) is 79.4. The molecule has 0 bridgehead atoms. The van der Waals surface area contributed by atoms with E-state index in [1.165, 1.54) is 158 Å². The number of nitrogens with two attached hydrogens (primary N) is 1. The molecule has 15 rings (SSSR count). The number of nitrogen functional groups attached to an aromatic ring is 1.